The number of halogens is 1. The molecule has 3 heterocycles. The first-order valence-electron chi connectivity index (χ1n) is 11.3. The first-order valence-corrected chi connectivity index (χ1v) is 11.3. The number of pyridine rings is 1. The van der Waals surface area contributed by atoms with Crippen molar-refractivity contribution in [3.05, 3.63) is 66.3 Å². The first-order chi connectivity index (χ1) is 14.8. The van der Waals surface area contributed by atoms with Gasteiger partial charge in [-0.1, -0.05) is 24.8 Å². The summed E-state index contributed by atoms with van der Waals surface area (Å²) in [5.74, 6) is 0.208. The Hall–Kier alpha value is -2.11. The average Bonchev–Trinajstić information content (AvgIpc) is 2.77. The molecule has 2 fully saturated rings. The highest BCUT2D eigenvalue weighted by molar-refractivity contribution is 5.99. The minimum Gasteiger partial charge on any atom is -0.376 e. The minimum absolute atomic E-state index is 0.164. The number of nitrogens with zero attached hydrogens (tertiary/aromatic N) is 2. The van der Waals surface area contributed by atoms with Crippen LogP contribution >= 0.6 is 0 Å². The number of carbonyl (C=O) groups is 1. The SMILES string of the molecule is C=C(/C=C\C(F)=C/C)CN1CCC(C2(C(=O)c3ccccn3)CCOC(C)(C)C2)CC1. The van der Waals surface area contributed by atoms with E-state index in [2.05, 4.69) is 30.3 Å². The third-order valence-electron chi connectivity index (χ3n) is 6.68. The molecule has 0 bridgehead atoms. The maximum atomic E-state index is 13.7. The van der Waals surface area contributed by atoms with Gasteiger partial charge in [0.2, 0.25) is 0 Å². The molecule has 0 amide bonds. The molecule has 0 spiro atoms. The molecule has 0 aromatic carbocycles. The maximum Gasteiger partial charge on any atom is 0.187 e. The summed E-state index contributed by atoms with van der Waals surface area (Å²) in [7, 11) is 0. The van der Waals surface area contributed by atoms with Gasteiger partial charge in [-0.3, -0.25) is 14.7 Å². The van der Waals surface area contributed by atoms with Crippen LogP contribution in [0.15, 0.2) is 60.6 Å². The minimum atomic E-state index is -0.436. The smallest absolute Gasteiger partial charge is 0.187 e. The van der Waals surface area contributed by atoms with Gasteiger partial charge in [-0.15, -0.1) is 0 Å². The average molecular weight is 427 g/mol. The Kier molecular flexibility index (Phi) is 7.60. The summed E-state index contributed by atoms with van der Waals surface area (Å²) in [4.78, 5) is 20.5. The molecule has 1 aromatic heterocycles. The number of hydrogen-bond acceptors (Lipinski definition) is 4. The normalized spacial score (nSPS) is 25.6. The zero-order valence-corrected chi connectivity index (χ0v) is 19.1. The van der Waals surface area contributed by atoms with Gasteiger partial charge in [-0.05, 0) is 89.2 Å². The fourth-order valence-corrected chi connectivity index (χ4v) is 5.17. The van der Waals surface area contributed by atoms with Gasteiger partial charge in [0, 0.05) is 24.8 Å². The lowest BCUT2D eigenvalue weighted by atomic mass is 9.60. The van der Waals surface area contributed by atoms with Gasteiger partial charge < -0.3 is 4.74 Å². The molecule has 0 saturated carbocycles. The van der Waals surface area contributed by atoms with E-state index in [0.29, 0.717) is 18.2 Å². The molecular formula is C26H35FN2O2. The third kappa shape index (κ3) is 5.78. The van der Waals surface area contributed by atoms with Gasteiger partial charge in [0.25, 0.3) is 0 Å². The van der Waals surface area contributed by atoms with Crippen LogP contribution in [0.4, 0.5) is 4.39 Å². The van der Waals surface area contributed by atoms with Crippen LogP contribution in [0.5, 0.6) is 0 Å². The third-order valence-corrected chi connectivity index (χ3v) is 6.68. The van der Waals surface area contributed by atoms with E-state index in [1.54, 1.807) is 19.2 Å². The predicted molar refractivity (Wildman–Crippen MR) is 123 cm³/mol. The molecule has 31 heavy (non-hydrogen) atoms. The highest BCUT2D eigenvalue weighted by atomic mass is 19.1. The van der Waals surface area contributed by atoms with Crippen molar-refractivity contribution < 1.29 is 13.9 Å². The van der Waals surface area contributed by atoms with Gasteiger partial charge in [0.15, 0.2) is 5.78 Å². The summed E-state index contributed by atoms with van der Waals surface area (Å²) in [6.07, 6.45) is 9.71. The Morgan fingerprint density at radius 3 is 2.68 bits per heavy atom. The number of hydrogen-bond donors (Lipinski definition) is 0. The van der Waals surface area contributed by atoms with Crippen LogP contribution in [0, 0.1) is 11.3 Å². The lowest BCUT2D eigenvalue weighted by molar-refractivity contribution is -0.113. The van der Waals surface area contributed by atoms with Crippen LogP contribution in [0.25, 0.3) is 0 Å². The Morgan fingerprint density at radius 2 is 2.06 bits per heavy atom. The number of aromatic nitrogens is 1. The number of likely N-dealkylation sites (tertiary alicyclic amines) is 1. The second kappa shape index (κ2) is 10.0. The number of ketones is 1. The molecule has 2 saturated heterocycles. The monoisotopic (exact) mass is 426 g/mol. The topological polar surface area (TPSA) is 42.4 Å². The highest BCUT2D eigenvalue weighted by Gasteiger charge is 2.52. The van der Waals surface area contributed by atoms with Crippen molar-refractivity contribution in [2.45, 2.75) is 52.1 Å². The number of Topliss-reactive ketones (excluding diaryl/α,β-unsaturated/α-hetero) is 1. The molecule has 4 nitrogen and oxygen atoms in total. The first kappa shape index (κ1) is 23.6. The molecule has 0 aliphatic carbocycles. The summed E-state index contributed by atoms with van der Waals surface area (Å²) in [6, 6.07) is 5.57. The van der Waals surface area contributed by atoms with E-state index >= 15 is 0 Å². The van der Waals surface area contributed by atoms with E-state index in [0.717, 1.165) is 50.9 Å². The molecule has 1 unspecified atom stereocenters. The molecule has 0 N–H and O–H groups in total. The van der Waals surface area contributed by atoms with Crippen molar-refractivity contribution in [2.75, 3.05) is 26.2 Å². The summed E-state index contributed by atoms with van der Waals surface area (Å²) in [5.41, 5.74) is 0.693. The van der Waals surface area contributed by atoms with E-state index in [9.17, 15) is 9.18 Å². The molecule has 3 rings (SSSR count). The standard InChI is InChI=1S/C26H35FN2O2/c1-5-22(27)10-9-20(2)18-29-15-11-21(12-16-29)26(13-17-31-25(3,4)19-26)24(30)23-8-6-7-14-28-23/h5-10,14,21H,2,11-13,15-19H2,1,3-4H3/b10-9-,22-5+. The molecule has 5 heteroatoms. The molecule has 2 aliphatic rings. The van der Waals surface area contributed by atoms with E-state index in [1.807, 2.05) is 18.2 Å². The van der Waals surface area contributed by atoms with Gasteiger partial charge >= 0.3 is 0 Å². The summed E-state index contributed by atoms with van der Waals surface area (Å²) in [6.45, 7) is 13.0. The summed E-state index contributed by atoms with van der Waals surface area (Å²) >= 11 is 0. The van der Waals surface area contributed by atoms with Crippen molar-refractivity contribution in [3.8, 4) is 0 Å². The molecular weight excluding hydrogens is 391 g/mol. The summed E-state index contributed by atoms with van der Waals surface area (Å²) in [5, 5.41) is 0. The van der Waals surface area contributed by atoms with E-state index in [1.165, 1.54) is 12.2 Å². The predicted octanol–water partition coefficient (Wildman–Crippen LogP) is 5.54. The second-order valence-corrected chi connectivity index (χ2v) is 9.45. The van der Waals surface area contributed by atoms with Crippen molar-refractivity contribution in [3.63, 3.8) is 0 Å². The summed E-state index contributed by atoms with van der Waals surface area (Å²) < 4.78 is 19.3. The fourth-order valence-electron chi connectivity index (χ4n) is 5.17. The van der Waals surface area contributed by atoms with Crippen molar-refractivity contribution in [2.24, 2.45) is 11.3 Å². The van der Waals surface area contributed by atoms with E-state index in [-0.39, 0.29) is 17.2 Å². The van der Waals surface area contributed by atoms with Crippen molar-refractivity contribution >= 4 is 5.78 Å². The largest absolute Gasteiger partial charge is 0.376 e. The molecule has 0 radical (unpaired) electrons. The number of carbonyl (C=O) groups excluding carboxylic acids is 1. The van der Waals surface area contributed by atoms with E-state index < -0.39 is 5.41 Å². The Morgan fingerprint density at radius 1 is 1.32 bits per heavy atom. The lowest BCUT2D eigenvalue weighted by Gasteiger charge is -2.50. The van der Waals surface area contributed by atoms with Crippen LogP contribution in [0.1, 0.15) is 56.9 Å². The van der Waals surface area contributed by atoms with Gasteiger partial charge in [0.1, 0.15) is 11.5 Å². The Labute approximate surface area is 185 Å². The van der Waals surface area contributed by atoms with Crippen LogP contribution in [-0.2, 0) is 4.74 Å². The zero-order valence-electron chi connectivity index (χ0n) is 19.1. The van der Waals surface area contributed by atoms with Crippen molar-refractivity contribution in [1.29, 1.82) is 0 Å². The van der Waals surface area contributed by atoms with E-state index in [4.69, 9.17) is 4.74 Å². The highest BCUT2D eigenvalue weighted by Crippen LogP contribution is 2.49. The van der Waals surface area contributed by atoms with Gasteiger partial charge in [0.05, 0.1) is 5.60 Å². The number of ether oxygens (including phenoxy) is 1. The Bertz CT molecular complexity index is 838. The molecule has 1 aromatic rings. The second-order valence-electron chi connectivity index (χ2n) is 9.45. The molecule has 1 atom stereocenters. The number of allylic oxidation sites excluding steroid dienone is 3. The Balaban J connectivity index is 1.72. The van der Waals surface area contributed by atoms with Gasteiger partial charge in [-0.2, -0.15) is 0 Å². The quantitative estimate of drug-likeness (QED) is 0.424. The zero-order chi connectivity index (χ0) is 22.5. The van der Waals surface area contributed by atoms with Crippen LogP contribution in [0.3, 0.4) is 0 Å². The van der Waals surface area contributed by atoms with Crippen molar-refractivity contribution in [1.82, 2.24) is 9.88 Å². The van der Waals surface area contributed by atoms with Crippen LogP contribution in [-0.4, -0.2) is 47.5 Å². The molecule has 168 valence electrons. The number of rotatable bonds is 7. The lowest BCUT2D eigenvalue weighted by Crippen LogP contribution is -2.52. The van der Waals surface area contributed by atoms with Crippen LogP contribution in [0.2, 0.25) is 0 Å². The fraction of sp³-hybridized carbons (Fsp3) is 0.538. The molecule has 2 aliphatic heterocycles. The number of piperidine rings is 1. The van der Waals surface area contributed by atoms with Crippen LogP contribution < -0.4 is 0 Å². The maximum absolute atomic E-state index is 13.7. The van der Waals surface area contributed by atoms with Gasteiger partial charge in [-0.25, -0.2) is 4.39 Å².